The van der Waals surface area contributed by atoms with Crippen LogP contribution in [0.5, 0.6) is 0 Å². The topological polar surface area (TPSA) is 38.3 Å². The van der Waals surface area contributed by atoms with Crippen LogP contribution in [-0.4, -0.2) is 13.1 Å². The van der Waals surface area contributed by atoms with E-state index in [0.29, 0.717) is 11.5 Å². The van der Waals surface area contributed by atoms with E-state index >= 15 is 0 Å². The van der Waals surface area contributed by atoms with Crippen molar-refractivity contribution >= 4 is 11.7 Å². The molecule has 0 fully saturated rings. The summed E-state index contributed by atoms with van der Waals surface area (Å²) in [6.07, 6.45) is 6.49. The molecule has 0 amide bonds. The van der Waals surface area contributed by atoms with Gasteiger partial charge in [-0.1, -0.05) is 30.7 Å². The molecule has 1 unspecified atom stereocenters. The summed E-state index contributed by atoms with van der Waals surface area (Å²) in [6.45, 7) is 4.37. The minimum absolute atomic E-state index is 0.320. The first kappa shape index (κ1) is 14.4. The van der Waals surface area contributed by atoms with Crippen molar-refractivity contribution in [1.82, 2.24) is 0 Å². The van der Waals surface area contributed by atoms with Gasteiger partial charge in [0.15, 0.2) is 0 Å². The van der Waals surface area contributed by atoms with Gasteiger partial charge in [0.2, 0.25) is 0 Å². The zero-order valence-electron chi connectivity index (χ0n) is 12.3. The van der Waals surface area contributed by atoms with E-state index in [-0.39, 0.29) is 5.97 Å². The number of carbonyl (C=O) groups excluding carboxylic acids is 1. The molecule has 1 aromatic rings. The highest BCUT2D eigenvalue weighted by atomic mass is 16.5. The van der Waals surface area contributed by atoms with Crippen LogP contribution < -0.4 is 5.32 Å². The van der Waals surface area contributed by atoms with E-state index in [2.05, 4.69) is 25.2 Å². The van der Waals surface area contributed by atoms with Gasteiger partial charge in [-0.25, -0.2) is 4.79 Å². The molecule has 0 spiro atoms. The van der Waals surface area contributed by atoms with Crippen LogP contribution >= 0.6 is 0 Å². The summed E-state index contributed by atoms with van der Waals surface area (Å²) < 4.78 is 4.79. The maximum absolute atomic E-state index is 11.7. The average Bonchev–Trinajstić information content (AvgIpc) is 2.46. The number of rotatable bonds is 3. The van der Waals surface area contributed by atoms with E-state index in [1.54, 1.807) is 6.07 Å². The summed E-state index contributed by atoms with van der Waals surface area (Å²) in [5, 5.41) is 3.25. The maximum atomic E-state index is 11.7. The number of allylic oxidation sites excluding steroid dienone is 3. The highest BCUT2D eigenvalue weighted by molar-refractivity contribution is 5.95. The molecule has 1 N–H and O–H groups in total. The number of anilines is 1. The molecule has 1 atom stereocenters. The number of methoxy groups -OCH3 is 1. The molecule has 0 aromatic heterocycles. The molecule has 1 aliphatic carbocycles. The summed E-state index contributed by atoms with van der Waals surface area (Å²) in [5.74, 6) is 0.125. The van der Waals surface area contributed by atoms with Crippen molar-refractivity contribution in [3.05, 3.63) is 53.3 Å². The Balaban J connectivity index is 2.17. The Bertz CT molecular complexity index is 558. The van der Waals surface area contributed by atoms with Gasteiger partial charge >= 0.3 is 5.97 Å². The van der Waals surface area contributed by atoms with Crippen LogP contribution in [0.25, 0.3) is 0 Å². The third-order valence-electron chi connectivity index (χ3n) is 3.67. The molecule has 0 radical (unpaired) electrons. The van der Waals surface area contributed by atoms with Crippen LogP contribution in [-0.2, 0) is 4.74 Å². The average molecular weight is 271 g/mol. The highest BCUT2D eigenvalue weighted by Gasteiger charge is 2.14. The molecular formula is C17H21NO2. The van der Waals surface area contributed by atoms with Crippen LogP contribution in [0.3, 0.4) is 0 Å². The largest absolute Gasteiger partial charge is 0.465 e. The Hall–Kier alpha value is -2.03. The molecule has 0 heterocycles. The standard InChI is InChI=1S/C17H21NO2/c1-12-8-9-14(13(2)10-12)11-18-16-7-5-4-6-15(16)17(19)20-3/h4-7,10-11,13,18H,8-9H2,1-3H3/b14-11+. The van der Waals surface area contributed by atoms with Crippen LogP contribution in [0.2, 0.25) is 0 Å². The molecule has 2 rings (SSSR count). The first-order chi connectivity index (χ1) is 9.61. The minimum atomic E-state index is -0.320. The Morgan fingerprint density at radius 2 is 2.10 bits per heavy atom. The van der Waals surface area contributed by atoms with Crippen molar-refractivity contribution < 1.29 is 9.53 Å². The number of para-hydroxylation sites is 1. The summed E-state index contributed by atoms with van der Waals surface area (Å²) in [5.41, 5.74) is 4.15. The number of ether oxygens (including phenoxy) is 1. The van der Waals surface area contributed by atoms with E-state index in [1.165, 1.54) is 18.3 Å². The van der Waals surface area contributed by atoms with E-state index < -0.39 is 0 Å². The fourth-order valence-electron chi connectivity index (χ4n) is 2.46. The van der Waals surface area contributed by atoms with Gasteiger partial charge in [-0.3, -0.25) is 0 Å². The monoisotopic (exact) mass is 271 g/mol. The maximum Gasteiger partial charge on any atom is 0.339 e. The minimum Gasteiger partial charge on any atom is -0.465 e. The zero-order chi connectivity index (χ0) is 14.5. The van der Waals surface area contributed by atoms with E-state index in [9.17, 15) is 4.79 Å². The van der Waals surface area contributed by atoms with Gasteiger partial charge in [-0.15, -0.1) is 0 Å². The molecule has 3 heteroatoms. The predicted molar refractivity (Wildman–Crippen MR) is 81.6 cm³/mol. The van der Waals surface area contributed by atoms with Crippen molar-refractivity contribution in [2.24, 2.45) is 5.92 Å². The molecule has 106 valence electrons. The van der Waals surface area contributed by atoms with Gasteiger partial charge in [0.05, 0.1) is 18.4 Å². The second-order valence-electron chi connectivity index (χ2n) is 5.20. The second kappa shape index (κ2) is 6.42. The lowest BCUT2D eigenvalue weighted by Crippen LogP contribution is -2.08. The van der Waals surface area contributed by atoms with Crippen molar-refractivity contribution in [2.45, 2.75) is 26.7 Å². The summed E-state index contributed by atoms with van der Waals surface area (Å²) >= 11 is 0. The number of carbonyl (C=O) groups is 1. The third-order valence-corrected chi connectivity index (χ3v) is 3.67. The number of hydrogen-bond donors (Lipinski definition) is 1. The smallest absolute Gasteiger partial charge is 0.339 e. The fourth-order valence-corrected chi connectivity index (χ4v) is 2.46. The molecule has 1 aliphatic rings. The highest BCUT2D eigenvalue weighted by Crippen LogP contribution is 2.28. The van der Waals surface area contributed by atoms with Crippen molar-refractivity contribution in [1.29, 1.82) is 0 Å². The molecule has 1 aromatic carbocycles. The van der Waals surface area contributed by atoms with Crippen LogP contribution in [0.15, 0.2) is 47.7 Å². The van der Waals surface area contributed by atoms with Crippen molar-refractivity contribution in [3.63, 3.8) is 0 Å². The fraction of sp³-hybridized carbons (Fsp3) is 0.353. The van der Waals surface area contributed by atoms with Gasteiger partial charge in [0, 0.05) is 6.20 Å². The van der Waals surface area contributed by atoms with E-state index in [1.807, 2.05) is 24.4 Å². The molecule has 0 saturated carbocycles. The van der Waals surface area contributed by atoms with E-state index in [0.717, 1.165) is 18.5 Å². The van der Waals surface area contributed by atoms with Gasteiger partial charge in [0.1, 0.15) is 0 Å². The Morgan fingerprint density at radius 3 is 2.80 bits per heavy atom. The Labute approximate surface area is 120 Å². The first-order valence-electron chi connectivity index (χ1n) is 6.92. The number of esters is 1. The van der Waals surface area contributed by atoms with Gasteiger partial charge in [0.25, 0.3) is 0 Å². The first-order valence-corrected chi connectivity index (χ1v) is 6.92. The number of benzene rings is 1. The van der Waals surface area contributed by atoms with Crippen LogP contribution in [0, 0.1) is 5.92 Å². The molecule has 0 aliphatic heterocycles. The quantitative estimate of drug-likeness (QED) is 0.663. The molecule has 20 heavy (non-hydrogen) atoms. The van der Waals surface area contributed by atoms with Gasteiger partial charge in [-0.05, 0) is 43.4 Å². The van der Waals surface area contributed by atoms with Crippen molar-refractivity contribution in [2.75, 3.05) is 12.4 Å². The summed E-state index contributed by atoms with van der Waals surface area (Å²) in [6, 6.07) is 7.39. The lowest BCUT2D eigenvalue weighted by atomic mass is 9.88. The number of hydrogen-bond acceptors (Lipinski definition) is 3. The van der Waals surface area contributed by atoms with Crippen LogP contribution in [0.4, 0.5) is 5.69 Å². The van der Waals surface area contributed by atoms with E-state index in [4.69, 9.17) is 4.74 Å². The zero-order valence-corrected chi connectivity index (χ0v) is 12.3. The normalized spacial score (nSPS) is 20.4. The Morgan fingerprint density at radius 1 is 1.35 bits per heavy atom. The van der Waals surface area contributed by atoms with Gasteiger partial charge < -0.3 is 10.1 Å². The SMILES string of the molecule is COC(=O)c1ccccc1N/C=C1\CCC(C)=CC1C. The number of nitrogens with one attached hydrogen (secondary N) is 1. The second-order valence-corrected chi connectivity index (χ2v) is 5.20. The lowest BCUT2D eigenvalue weighted by molar-refractivity contribution is 0.0602. The Kier molecular flexibility index (Phi) is 4.61. The molecular weight excluding hydrogens is 250 g/mol. The lowest BCUT2D eigenvalue weighted by Gasteiger charge is -2.20. The molecule has 0 bridgehead atoms. The predicted octanol–water partition coefficient (Wildman–Crippen LogP) is 4.15. The molecule has 3 nitrogen and oxygen atoms in total. The summed E-state index contributed by atoms with van der Waals surface area (Å²) in [7, 11) is 1.40. The molecule has 0 saturated heterocycles. The van der Waals surface area contributed by atoms with Crippen LogP contribution in [0.1, 0.15) is 37.0 Å². The summed E-state index contributed by atoms with van der Waals surface area (Å²) in [4.78, 5) is 11.7. The van der Waals surface area contributed by atoms with Gasteiger partial charge in [-0.2, -0.15) is 0 Å². The van der Waals surface area contributed by atoms with Crippen molar-refractivity contribution in [3.8, 4) is 0 Å². The third kappa shape index (κ3) is 3.29.